The number of hydrogen-bond acceptors (Lipinski definition) is 5. The van der Waals surface area contributed by atoms with Crippen LogP contribution in [0.4, 0.5) is 0 Å². The zero-order valence-electron chi connectivity index (χ0n) is 15.9. The van der Waals surface area contributed by atoms with Gasteiger partial charge in [0.15, 0.2) is 5.78 Å². The van der Waals surface area contributed by atoms with Gasteiger partial charge in [-0.2, -0.15) is 0 Å². The number of carbonyl (C=O) groups excluding carboxylic acids is 1. The van der Waals surface area contributed by atoms with Crippen LogP contribution in [0.15, 0.2) is 51.7 Å². The highest BCUT2D eigenvalue weighted by Crippen LogP contribution is 2.34. The molecule has 142 valence electrons. The smallest absolute Gasteiger partial charge is 0.168 e. The minimum atomic E-state index is -0.0115. The highest BCUT2D eigenvalue weighted by Gasteiger charge is 2.31. The lowest BCUT2D eigenvalue weighted by Gasteiger charge is -2.26. The fraction of sp³-hybridized carbons (Fsp3) is 0.524. The number of hydrogen-bond donors (Lipinski definition) is 1. The molecule has 0 aromatic heterocycles. The number of carbonyl (C=O) groups is 1. The van der Waals surface area contributed by atoms with Gasteiger partial charge in [0.25, 0.3) is 0 Å². The number of aliphatic hydroxyl groups is 1. The fourth-order valence-electron chi connectivity index (χ4n) is 3.31. The van der Waals surface area contributed by atoms with Crippen LogP contribution in [-0.4, -0.2) is 28.5 Å². The zero-order chi connectivity index (χ0) is 18.9. The molecule has 0 saturated carbocycles. The monoisotopic (exact) mass is 375 g/mol. The van der Waals surface area contributed by atoms with Gasteiger partial charge in [-0.1, -0.05) is 43.6 Å². The number of allylic oxidation sites excluding steroid dienone is 2. The van der Waals surface area contributed by atoms with E-state index in [-0.39, 0.29) is 17.5 Å². The van der Waals surface area contributed by atoms with E-state index in [1.807, 2.05) is 43.8 Å². The van der Waals surface area contributed by atoms with Gasteiger partial charge in [0.1, 0.15) is 12.4 Å². The minimum Gasteiger partial charge on any atom is -0.511 e. The summed E-state index contributed by atoms with van der Waals surface area (Å²) in [6.45, 7) is 6.51. The quantitative estimate of drug-likeness (QED) is 0.350. The third-order valence-corrected chi connectivity index (χ3v) is 5.49. The number of Topliss-reactive ketones (excluding diaryl/α,β-unsaturated/α-hetero) is 1. The second kappa shape index (κ2) is 10.4. The average Bonchev–Trinajstić information content (AvgIpc) is 2.59. The van der Waals surface area contributed by atoms with E-state index in [4.69, 9.17) is 4.84 Å². The summed E-state index contributed by atoms with van der Waals surface area (Å²) in [5, 5.41) is 15.0. The molecule has 26 heavy (non-hydrogen) atoms. The van der Waals surface area contributed by atoms with Crippen molar-refractivity contribution in [2.24, 2.45) is 11.1 Å². The normalized spacial score (nSPS) is 19.6. The lowest BCUT2D eigenvalue weighted by molar-refractivity contribution is -0.116. The standard InChI is InChI=1S/C21H29NO3S/c1-4-9-18(22-25-5-2)21-19(23)13-16(14-20(21)24)12-15(3)26-17-10-7-6-8-11-17/h6-8,10-11,15-16,23H,4-5,9,12-14H2,1-3H3. The molecule has 0 saturated heterocycles. The van der Waals surface area contributed by atoms with Crippen molar-refractivity contribution < 1.29 is 14.7 Å². The summed E-state index contributed by atoms with van der Waals surface area (Å²) in [7, 11) is 0. The summed E-state index contributed by atoms with van der Waals surface area (Å²) in [4.78, 5) is 19.0. The highest BCUT2D eigenvalue weighted by atomic mass is 32.2. The molecule has 2 atom stereocenters. The summed E-state index contributed by atoms with van der Waals surface area (Å²) >= 11 is 1.81. The molecule has 1 N–H and O–H groups in total. The summed E-state index contributed by atoms with van der Waals surface area (Å²) in [6.07, 6.45) is 3.39. The van der Waals surface area contributed by atoms with E-state index in [0.717, 1.165) is 12.8 Å². The Balaban J connectivity index is 2.03. The molecule has 1 aliphatic carbocycles. The molecule has 5 heteroatoms. The first-order valence-electron chi connectivity index (χ1n) is 9.41. The lowest BCUT2D eigenvalue weighted by atomic mass is 9.82. The first kappa shape index (κ1) is 20.6. The SMILES string of the molecule is CCCC(=NOCC)C1=C(O)CC(CC(C)Sc2ccccc2)CC1=O. The van der Waals surface area contributed by atoms with E-state index in [1.165, 1.54) is 4.90 Å². The van der Waals surface area contributed by atoms with E-state index in [1.54, 1.807) is 0 Å². The summed E-state index contributed by atoms with van der Waals surface area (Å²) in [5.41, 5.74) is 0.974. The molecule has 2 rings (SSSR count). The number of ketones is 1. The Hall–Kier alpha value is -1.75. The van der Waals surface area contributed by atoms with E-state index in [9.17, 15) is 9.90 Å². The average molecular weight is 376 g/mol. The molecule has 1 aromatic rings. The molecular formula is C21H29NO3S. The number of rotatable bonds is 9. The lowest BCUT2D eigenvalue weighted by Crippen LogP contribution is -2.26. The molecule has 0 aliphatic heterocycles. The Morgan fingerprint density at radius 1 is 1.31 bits per heavy atom. The molecule has 0 amide bonds. The summed E-state index contributed by atoms with van der Waals surface area (Å²) in [6, 6.07) is 10.3. The predicted molar refractivity (Wildman–Crippen MR) is 108 cm³/mol. The van der Waals surface area contributed by atoms with Crippen LogP contribution in [0.2, 0.25) is 0 Å². The fourth-order valence-corrected chi connectivity index (χ4v) is 4.46. The van der Waals surface area contributed by atoms with Crippen LogP contribution in [0.3, 0.4) is 0 Å². The van der Waals surface area contributed by atoms with Crippen molar-refractivity contribution in [2.75, 3.05) is 6.61 Å². The van der Waals surface area contributed by atoms with Crippen molar-refractivity contribution in [1.82, 2.24) is 0 Å². The van der Waals surface area contributed by atoms with Gasteiger partial charge in [-0.05, 0) is 37.8 Å². The number of aliphatic hydroxyl groups excluding tert-OH is 1. The van der Waals surface area contributed by atoms with Crippen molar-refractivity contribution >= 4 is 23.3 Å². The maximum absolute atomic E-state index is 12.7. The predicted octanol–water partition coefficient (Wildman–Crippen LogP) is 5.54. The Labute approximate surface area is 160 Å². The van der Waals surface area contributed by atoms with Crippen LogP contribution in [0.1, 0.15) is 52.9 Å². The minimum absolute atomic E-state index is 0.0115. The van der Waals surface area contributed by atoms with Gasteiger partial charge < -0.3 is 9.94 Å². The Kier molecular flexibility index (Phi) is 8.23. The van der Waals surface area contributed by atoms with Crippen LogP contribution in [-0.2, 0) is 9.63 Å². The first-order chi connectivity index (χ1) is 12.5. The van der Waals surface area contributed by atoms with Crippen LogP contribution < -0.4 is 0 Å². The molecule has 1 aromatic carbocycles. The topological polar surface area (TPSA) is 58.9 Å². The van der Waals surface area contributed by atoms with Crippen molar-refractivity contribution in [1.29, 1.82) is 0 Å². The van der Waals surface area contributed by atoms with E-state index in [0.29, 0.717) is 42.4 Å². The van der Waals surface area contributed by atoms with Crippen molar-refractivity contribution in [3.63, 3.8) is 0 Å². The van der Waals surface area contributed by atoms with E-state index < -0.39 is 0 Å². The van der Waals surface area contributed by atoms with Crippen LogP contribution in [0.25, 0.3) is 0 Å². The number of nitrogens with zero attached hydrogens (tertiary/aromatic N) is 1. The number of oxime groups is 1. The molecule has 0 radical (unpaired) electrons. The van der Waals surface area contributed by atoms with Crippen molar-refractivity contribution in [2.45, 2.75) is 63.0 Å². The van der Waals surface area contributed by atoms with Crippen LogP contribution in [0, 0.1) is 5.92 Å². The van der Waals surface area contributed by atoms with Gasteiger partial charge in [0.05, 0.1) is 11.3 Å². The van der Waals surface area contributed by atoms with Gasteiger partial charge in [0.2, 0.25) is 0 Å². The maximum atomic E-state index is 12.7. The van der Waals surface area contributed by atoms with Crippen LogP contribution >= 0.6 is 11.8 Å². The molecule has 4 nitrogen and oxygen atoms in total. The molecular weight excluding hydrogens is 346 g/mol. The molecule has 1 aliphatic rings. The van der Waals surface area contributed by atoms with E-state index >= 15 is 0 Å². The molecule has 0 heterocycles. The maximum Gasteiger partial charge on any atom is 0.168 e. The largest absolute Gasteiger partial charge is 0.511 e. The molecule has 2 unspecified atom stereocenters. The molecule has 0 fully saturated rings. The zero-order valence-corrected chi connectivity index (χ0v) is 16.7. The van der Waals surface area contributed by atoms with Crippen molar-refractivity contribution in [3.05, 3.63) is 41.7 Å². The highest BCUT2D eigenvalue weighted by molar-refractivity contribution is 7.99. The Morgan fingerprint density at radius 2 is 2.04 bits per heavy atom. The third kappa shape index (κ3) is 5.90. The summed E-state index contributed by atoms with van der Waals surface area (Å²) < 4.78 is 0. The van der Waals surface area contributed by atoms with Gasteiger partial charge in [-0.25, -0.2) is 0 Å². The summed E-state index contributed by atoms with van der Waals surface area (Å²) in [5.74, 6) is 0.338. The third-order valence-electron chi connectivity index (χ3n) is 4.35. The Morgan fingerprint density at radius 3 is 2.65 bits per heavy atom. The van der Waals surface area contributed by atoms with Gasteiger partial charge in [-0.15, -0.1) is 11.8 Å². The Bertz CT molecular complexity index is 654. The first-order valence-corrected chi connectivity index (χ1v) is 10.3. The second-order valence-corrected chi connectivity index (χ2v) is 8.21. The molecule has 0 spiro atoms. The van der Waals surface area contributed by atoms with Gasteiger partial charge in [-0.3, -0.25) is 4.79 Å². The van der Waals surface area contributed by atoms with Gasteiger partial charge >= 0.3 is 0 Å². The second-order valence-electron chi connectivity index (χ2n) is 6.70. The van der Waals surface area contributed by atoms with E-state index in [2.05, 4.69) is 24.2 Å². The number of benzene rings is 1. The van der Waals surface area contributed by atoms with Crippen LogP contribution in [0.5, 0.6) is 0 Å². The van der Waals surface area contributed by atoms with Crippen molar-refractivity contribution in [3.8, 4) is 0 Å². The van der Waals surface area contributed by atoms with Gasteiger partial charge in [0, 0.05) is 23.0 Å². The molecule has 0 bridgehead atoms. The number of thioether (sulfide) groups is 1.